The molecule has 4 aliphatic heterocycles. The van der Waals surface area contributed by atoms with E-state index < -0.39 is 23.7 Å². The summed E-state index contributed by atoms with van der Waals surface area (Å²) in [6, 6.07) is 7.20. The van der Waals surface area contributed by atoms with Crippen molar-refractivity contribution < 1.29 is 37.5 Å². The Labute approximate surface area is 347 Å². The maximum absolute atomic E-state index is 14.5. The second kappa shape index (κ2) is 16.8. The molecule has 3 aromatic heterocycles. The number of piperazine rings is 1. The first kappa shape index (κ1) is 41.2. The minimum Gasteiger partial charge on any atom is -0.480 e. The number of piperidine rings is 2. The van der Waals surface area contributed by atoms with Crippen LogP contribution in [0.15, 0.2) is 42.7 Å². The van der Waals surface area contributed by atoms with Crippen LogP contribution in [0.4, 0.5) is 24.5 Å². The van der Waals surface area contributed by atoms with Gasteiger partial charge in [0, 0.05) is 60.7 Å². The highest BCUT2D eigenvalue weighted by molar-refractivity contribution is 6.34. The lowest BCUT2D eigenvalue weighted by Gasteiger charge is -2.53. The van der Waals surface area contributed by atoms with Crippen molar-refractivity contribution in [3.05, 3.63) is 76.1 Å². The summed E-state index contributed by atoms with van der Waals surface area (Å²) in [4.78, 5) is 69.7. The maximum atomic E-state index is 14.5. The third-order valence-corrected chi connectivity index (χ3v) is 12.5. The molecule has 4 fully saturated rings. The van der Waals surface area contributed by atoms with Gasteiger partial charge in [-0.2, -0.15) is 18.3 Å². The van der Waals surface area contributed by atoms with E-state index in [4.69, 9.17) is 17.3 Å². The van der Waals surface area contributed by atoms with E-state index in [-0.39, 0.29) is 99.4 Å². The Morgan fingerprint density at radius 1 is 0.983 bits per heavy atom. The topological polar surface area (TPSA) is 219 Å². The van der Waals surface area contributed by atoms with Crippen LogP contribution in [0.2, 0.25) is 5.02 Å². The van der Waals surface area contributed by atoms with Gasteiger partial charge < -0.3 is 36.3 Å². The number of carbonyl (C=O) groups is 4. The van der Waals surface area contributed by atoms with Gasteiger partial charge in [0.25, 0.3) is 11.8 Å². The van der Waals surface area contributed by atoms with Gasteiger partial charge in [-0.15, -0.1) is 0 Å². The van der Waals surface area contributed by atoms with Crippen LogP contribution in [0.5, 0.6) is 0 Å². The first-order valence-corrected chi connectivity index (χ1v) is 20.4. The summed E-state index contributed by atoms with van der Waals surface area (Å²) in [7, 11) is 0. The van der Waals surface area contributed by atoms with Gasteiger partial charge in [0.15, 0.2) is 5.82 Å². The van der Waals surface area contributed by atoms with E-state index >= 15 is 0 Å². The van der Waals surface area contributed by atoms with Gasteiger partial charge in [-0.1, -0.05) is 11.6 Å². The number of hydrogen-bond acceptors (Lipinski definition) is 10. The van der Waals surface area contributed by atoms with Gasteiger partial charge in [-0.25, -0.2) is 4.98 Å². The number of carbonyl (C=O) groups excluding carboxylic acids is 3. The summed E-state index contributed by atoms with van der Waals surface area (Å²) in [5.74, 6) is -1.59. The molecule has 318 valence electrons. The molecule has 0 saturated carbocycles. The average molecular weight is 852 g/mol. The zero-order valence-corrected chi connectivity index (χ0v) is 33.2. The lowest BCUT2D eigenvalue weighted by Crippen LogP contribution is -2.66. The number of carboxylic acid groups (broad SMARTS) is 1. The molecule has 3 unspecified atom stereocenters. The molecule has 0 aliphatic carbocycles. The largest absolute Gasteiger partial charge is 0.480 e. The van der Waals surface area contributed by atoms with Gasteiger partial charge in [0.05, 0.1) is 34.7 Å². The summed E-state index contributed by atoms with van der Waals surface area (Å²) < 4.78 is 41.8. The van der Waals surface area contributed by atoms with Crippen LogP contribution < -0.4 is 16.4 Å². The fourth-order valence-electron chi connectivity index (χ4n) is 9.23. The van der Waals surface area contributed by atoms with E-state index in [2.05, 4.69) is 40.7 Å². The predicted octanol–water partition coefficient (Wildman–Crippen LogP) is 4.13. The number of imidazole rings is 1. The van der Waals surface area contributed by atoms with Crippen LogP contribution in [0.1, 0.15) is 70.0 Å². The highest BCUT2D eigenvalue weighted by Gasteiger charge is 2.48. The number of aromatic nitrogens is 5. The number of aliphatic carboxylic acids is 1. The molecule has 1 aromatic carbocycles. The predicted molar refractivity (Wildman–Crippen MR) is 213 cm³/mol. The Balaban J connectivity index is 0.911. The summed E-state index contributed by atoms with van der Waals surface area (Å²) in [6.07, 6.45) is 1.59. The SMILES string of the molecule is Nc1ccc(-c2n[nH]c(C(F)(F)F)c2Cc2cnc(C(=O)Nc3ccc(C(=O)N4CC5CCCC(C4)N5C(=O)C(C4CCN(CC(=O)O)CC4)C4CNC4)c(Cl)c3)[nH]2)nc1. The van der Waals surface area contributed by atoms with Crippen LogP contribution in [0.3, 0.4) is 0 Å². The van der Waals surface area contributed by atoms with E-state index in [1.807, 2.05) is 4.90 Å². The molecule has 7 heterocycles. The number of alkyl halides is 3. The number of pyridine rings is 1. The molecule has 4 aromatic rings. The minimum absolute atomic E-state index is 0.00406. The molecule has 7 N–H and O–H groups in total. The number of fused-ring (bicyclic) bond motifs is 2. The van der Waals surface area contributed by atoms with Crippen LogP contribution in [0.25, 0.3) is 11.4 Å². The van der Waals surface area contributed by atoms with Crippen molar-refractivity contribution in [1.29, 1.82) is 0 Å². The lowest BCUT2D eigenvalue weighted by atomic mass is 9.72. The number of rotatable bonds is 11. The molecule has 3 amide bonds. The van der Waals surface area contributed by atoms with Crippen LogP contribution in [0, 0.1) is 17.8 Å². The number of nitrogens with two attached hydrogens (primary N) is 1. The van der Waals surface area contributed by atoms with Crippen molar-refractivity contribution in [1.82, 2.24) is 45.2 Å². The van der Waals surface area contributed by atoms with Crippen LogP contribution in [-0.4, -0.2) is 127 Å². The molecule has 2 bridgehead atoms. The number of anilines is 2. The number of benzene rings is 1. The summed E-state index contributed by atoms with van der Waals surface area (Å²) in [5.41, 5.74) is 5.65. The van der Waals surface area contributed by atoms with E-state index in [9.17, 15) is 37.5 Å². The van der Waals surface area contributed by atoms with Crippen molar-refractivity contribution in [2.45, 2.75) is 56.8 Å². The molecule has 0 spiro atoms. The normalized spacial score (nSPS) is 20.7. The number of halogens is 4. The zero-order valence-electron chi connectivity index (χ0n) is 32.5. The van der Waals surface area contributed by atoms with E-state index in [0.717, 1.165) is 45.2 Å². The van der Waals surface area contributed by atoms with Crippen molar-refractivity contribution in [3.8, 4) is 11.4 Å². The Morgan fingerprint density at radius 3 is 2.33 bits per heavy atom. The third-order valence-electron chi connectivity index (χ3n) is 12.2. The molecule has 0 radical (unpaired) electrons. The third kappa shape index (κ3) is 8.55. The van der Waals surface area contributed by atoms with Crippen molar-refractivity contribution in [2.24, 2.45) is 17.8 Å². The number of likely N-dealkylation sites (tertiary alicyclic amines) is 2. The van der Waals surface area contributed by atoms with E-state index in [0.29, 0.717) is 31.9 Å². The van der Waals surface area contributed by atoms with Crippen LogP contribution >= 0.6 is 11.6 Å². The Kier molecular flexibility index (Phi) is 11.6. The molecule has 4 aliphatic rings. The number of amides is 3. The molecule has 60 heavy (non-hydrogen) atoms. The standard InChI is InChI=1S/C40H45ClF3N11O5/c41-30-13-24(50-37(58)36-48-17-25(49-36)12-29-34(31-7-4-23(45)16-47-31)51-52-35(29)40(42,43)44)5-6-28(30)38(59)54-18-26-2-1-3-27(19-54)55(26)39(60)33(22-14-46-15-22)21-8-10-53(11-9-21)20-32(56)57/h4-7,13,16-17,21-22,26-27,33,46H,1-3,8-12,14-15,18-20,45H2,(H,48,49)(H,50,58)(H,51,52)(H,56,57). The number of aromatic amines is 2. The summed E-state index contributed by atoms with van der Waals surface area (Å²) >= 11 is 6.66. The highest BCUT2D eigenvalue weighted by atomic mass is 35.5. The van der Waals surface area contributed by atoms with Gasteiger partial charge in [0.1, 0.15) is 11.4 Å². The zero-order chi connectivity index (χ0) is 42.3. The highest BCUT2D eigenvalue weighted by Crippen LogP contribution is 2.39. The number of nitrogen functional groups attached to an aromatic ring is 1. The average Bonchev–Trinajstić information content (AvgIpc) is 3.84. The molecule has 3 atom stereocenters. The second-order valence-corrected chi connectivity index (χ2v) is 16.5. The van der Waals surface area contributed by atoms with Gasteiger partial charge in [-0.3, -0.25) is 34.2 Å². The molecule has 8 rings (SSSR count). The second-order valence-electron chi connectivity index (χ2n) is 16.1. The molecule has 4 saturated heterocycles. The fourth-order valence-corrected chi connectivity index (χ4v) is 9.49. The molecular formula is C40H45ClF3N11O5. The van der Waals surface area contributed by atoms with Gasteiger partial charge in [-0.05, 0) is 100 Å². The minimum atomic E-state index is -4.74. The van der Waals surface area contributed by atoms with E-state index in [1.54, 1.807) is 4.90 Å². The first-order valence-electron chi connectivity index (χ1n) is 20.0. The number of H-pyrrole nitrogens is 2. The number of carboxylic acids is 1. The Bertz CT molecular complexity index is 2240. The molecule has 16 nitrogen and oxygen atoms in total. The maximum Gasteiger partial charge on any atom is 0.433 e. The Morgan fingerprint density at radius 2 is 1.72 bits per heavy atom. The quantitative estimate of drug-likeness (QED) is 0.126. The van der Waals surface area contributed by atoms with E-state index in [1.165, 1.54) is 42.7 Å². The van der Waals surface area contributed by atoms with Crippen LogP contribution in [-0.2, 0) is 22.2 Å². The first-order chi connectivity index (χ1) is 28.7. The number of hydrogen-bond donors (Lipinski definition) is 6. The Hall–Kier alpha value is -5.53. The lowest BCUT2D eigenvalue weighted by molar-refractivity contribution is -0.153. The monoisotopic (exact) mass is 851 g/mol. The van der Waals surface area contributed by atoms with Crippen molar-refractivity contribution in [2.75, 3.05) is 56.9 Å². The van der Waals surface area contributed by atoms with Gasteiger partial charge in [0.2, 0.25) is 5.91 Å². The summed E-state index contributed by atoms with van der Waals surface area (Å²) in [6.45, 7) is 3.59. The number of nitrogens with one attached hydrogen (secondary N) is 4. The summed E-state index contributed by atoms with van der Waals surface area (Å²) in [5, 5.41) is 21.3. The number of nitrogens with zero attached hydrogens (tertiary/aromatic N) is 6. The smallest absolute Gasteiger partial charge is 0.433 e. The van der Waals surface area contributed by atoms with Crippen molar-refractivity contribution >= 4 is 46.7 Å². The molecule has 20 heteroatoms. The van der Waals surface area contributed by atoms with Crippen molar-refractivity contribution in [3.63, 3.8) is 0 Å². The fraction of sp³-hybridized carbons (Fsp3) is 0.475. The van der Waals surface area contributed by atoms with Gasteiger partial charge >= 0.3 is 12.1 Å². The molecular weight excluding hydrogens is 807 g/mol.